The maximum atomic E-state index is 13.8. The lowest BCUT2D eigenvalue weighted by atomic mass is 10.0. The van der Waals surface area contributed by atoms with Gasteiger partial charge in [0.1, 0.15) is 5.75 Å². The Morgan fingerprint density at radius 2 is 1.81 bits per heavy atom. The highest BCUT2D eigenvalue weighted by molar-refractivity contribution is 5.95. The number of halogens is 2. The molecule has 0 spiro atoms. The highest BCUT2D eigenvalue weighted by atomic mass is 19.2. The van der Waals surface area contributed by atoms with Crippen LogP contribution < -0.4 is 10.1 Å². The monoisotopic (exact) mass is 363 g/mol. The number of hydrogen-bond donors (Lipinski definition) is 2. The standard InChI is InChI=1S/C19H19F2NO4/c1-10-7-13(8-11(2)18(10)26-9-16(23)24)19(25)22-12(3)14-5-4-6-15(20)17(14)21/h4-8,12H,9H2,1-3H3,(H,22,25)(H,23,24). The van der Waals surface area contributed by atoms with Crippen LogP contribution in [0, 0.1) is 25.5 Å². The van der Waals surface area contributed by atoms with Gasteiger partial charge in [0, 0.05) is 11.1 Å². The van der Waals surface area contributed by atoms with Crippen LogP contribution in [-0.4, -0.2) is 23.6 Å². The van der Waals surface area contributed by atoms with Crippen molar-refractivity contribution in [3.63, 3.8) is 0 Å². The lowest BCUT2D eigenvalue weighted by molar-refractivity contribution is -0.139. The normalized spacial score (nSPS) is 11.7. The van der Waals surface area contributed by atoms with Crippen LogP contribution in [-0.2, 0) is 4.79 Å². The Bertz CT molecular complexity index is 828. The van der Waals surface area contributed by atoms with Gasteiger partial charge in [-0.15, -0.1) is 0 Å². The first kappa shape index (κ1) is 19.4. The van der Waals surface area contributed by atoms with E-state index in [1.807, 2.05) is 0 Å². The van der Waals surface area contributed by atoms with Crippen LogP contribution in [0.5, 0.6) is 5.75 Å². The highest BCUT2D eigenvalue weighted by Gasteiger charge is 2.18. The zero-order valence-electron chi connectivity index (χ0n) is 14.6. The minimum atomic E-state index is -1.10. The molecule has 2 aromatic carbocycles. The van der Waals surface area contributed by atoms with Gasteiger partial charge in [0.25, 0.3) is 5.91 Å². The predicted octanol–water partition coefficient (Wildman–Crippen LogP) is 3.54. The van der Waals surface area contributed by atoms with Crippen LogP contribution in [0.25, 0.3) is 0 Å². The van der Waals surface area contributed by atoms with Gasteiger partial charge >= 0.3 is 5.97 Å². The fourth-order valence-corrected chi connectivity index (χ4v) is 2.66. The Morgan fingerprint density at radius 3 is 2.38 bits per heavy atom. The molecule has 0 saturated carbocycles. The van der Waals surface area contributed by atoms with Gasteiger partial charge in [-0.3, -0.25) is 4.79 Å². The molecule has 0 aliphatic rings. The summed E-state index contributed by atoms with van der Waals surface area (Å²) in [6.07, 6.45) is 0. The number of amides is 1. The van der Waals surface area contributed by atoms with Crippen LogP contribution in [0.3, 0.4) is 0 Å². The Labute approximate surface area is 149 Å². The zero-order chi connectivity index (χ0) is 19.4. The Balaban J connectivity index is 2.19. The highest BCUT2D eigenvalue weighted by Crippen LogP contribution is 2.26. The summed E-state index contributed by atoms with van der Waals surface area (Å²) in [4.78, 5) is 23.1. The van der Waals surface area contributed by atoms with Crippen molar-refractivity contribution in [1.82, 2.24) is 5.32 Å². The second-order valence-electron chi connectivity index (χ2n) is 5.96. The van der Waals surface area contributed by atoms with Crippen molar-refractivity contribution in [3.05, 3.63) is 64.2 Å². The van der Waals surface area contributed by atoms with Gasteiger partial charge in [0.2, 0.25) is 0 Å². The molecule has 2 rings (SSSR count). The molecular weight excluding hydrogens is 344 g/mol. The van der Waals surface area contributed by atoms with Crippen molar-refractivity contribution in [2.45, 2.75) is 26.8 Å². The van der Waals surface area contributed by atoms with E-state index >= 15 is 0 Å². The zero-order valence-corrected chi connectivity index (χ0v) is 14.6. The van der Waals surface area contributed by atoms with Gasteiger partial charge < -0.3 is 15.2 Å². The molecule has 1 unspecified atom stereocenters. The summed E-state index contributed by atoms with van der Waals surface area (Å²) in [5, 5.41) is 11.3. The van der Waals surface area contributed by atoms with Crippen molar-refractivity contribution in [2.24, 2.45) is 0 Å². The number of hydrogen-bond acceptors (Lipinski definition) is 3. The number of aryl methyl sites for hydroxylation is 2. The molecule has 0 heterocycles. The molecule has 26 heavy (non-hydrogen) atoms. The SMILES string of the molecule is Cc1cc(C(=O)NC(C)c2cccc(F)c2F)cc(C)c1OCC(=O)O. The maximum Gasteiger partial charge on any atom is 0.341 e. The molecule has 2 aromatic rings. The molecule has 0 bridgehead atoms. The van der Waals surface area contributed by atoms with Crippen LogP contribution in [0.2, 0.25) is 0 Å². The number of ether oxygens (including phenoxy) is 1. The summed E-state index contributed by atoms with van der Waals surface area (Å²) >= 11 is 0. The molecule has 7 heteroatoms. The Hall–Kier alpha value is -2.96. The van der Waals surface area contributed by atoms with Gasteiger partial charge in [-0.2, -0.15) is 0 Å². The molecule has 0 fully saturated rings. The van der Waals surface area contributed by atoms with Crippen LogP contribution in [0.4, 0.5) is 8.78 Å². The first-order valence-electron chi connectivity index (χ1n) is 7.91. The van der Waals surface area contributed by atoms with Crippen molar-refractivity contribution in [2.75, 3.05) is 6.61 Å². The number of carbonyl (C=O) groups excluding carboxylic acids is 1. The fraction of sp³-hybridized carbons (Fsp3) is 0.263. The molecular formula is C19H19F2NO4. The predicted molar refractivity (Wildman–Crippen MR) is 91.3 cm³/mol. The number of carboxylic acids is 1. The summed E-state index contributed by atoms with van der Waals surface area (Å²) in [5.74, 6) is -3.14. The molecule has 0 saturated heterocycles. The van der Waals surface area contributed by atoms with Crippen LogP contribution >= 0.6 is 0 Å². The van der Waals surface area contributed by atoms with Crippen molar-refractivity contribution in [3.8, 4) is 5.75 Å². The number of nitrogens with one attached hydrogen (secondary N) is 1. The van der Waals surface area contributed by atoms with Crippen LogP contribution in [0.1, 0.15) is 40.0 Å². The molecule has 0 aliphatic heterocycles. The van der Waals surface area contributed by atoms with Gasteiger partial charge in [0.15, 0.2) is 18.2 Å². The summed E-state index contributed by atoms with van der Waals surface area (Å²) in [6.45, 7) is 4.45. The van der Waals surface area contributed by atoms with E-state index in [1.165, 1.54) is 12.1 Å². The summed E-state index contributed by atoms with van der Waals surface area (Å²) in [6, 6.07) is 6.15. The van der Waals surface area contributed by atoms with Crippen molar-refractivity contribution in [1.29, 1.82) is 0 Å². The minimum Gasteiger partial charge on any atom is -0.481 e. The van der Waals surface area contributed by atoms with Gasteiger partial charge in [0.05, 0.1) is 6.04 Å². The van der Waals surface area contributed by atoms with Crippen molar-refractivity contribution >= 4 is 11.9 Å². The lowest BCUT2D eigenvalue weighted by Crippen LogP contribution is -2.27. The smallest absolute Gasteiger partial charge is 0.341 e. The molecule has 2 N–H and O–H groups in total. The number of carboxylic acid groups (broad SMARTS) is 1. The van der Waals surface area contributed by atoms with Crippen molar-refractivity contribution < 1.29 is 28.2 Å². The Kier molecular flexibility index (Phi) is 5.92. The van der Waals surface area contributed by atoms with E-state index in [2.05, 4.69) is 5.32 Å². The van der Waals surface area contributed by atoms with Crippen LogP contribution in [0.15, 0.2) is 30.3 Å². The average Bonchev–Trinajstić information content (AvgIpc) is 2.55. The van der Waals surface area contributed by atoms with Gasteiger partial charge in [-0.1, -0.05) is 12.1 Å². The van der Waals surface area contributed by atoms with E-state index in [0.717, 1.165) is 6.07 Å². The van der Waals surface area contributed by atoms with E-state index in [-0.39, 0.29) is 5.56 Å². The topological polar surface area (TPSA) is 75.6 Å². The third kappa shape index (κ3) is 4.36. The number of carbonyl (C=O) groups is 2. The summed E-state index contributed by atoms with van der Waals surface area (Å²) in [5.41, 5.74) is 1.56. The number of aliphatic carboxylic acids is 1. The van der Waals surface area contributed by atoms with E-state index in [0.29, 0.717) is 22.4 Å². The molecule has 0 radical (unpaired) electrons. The molecule has 5 nitrogen and oxygen atoms in total. The van der Waals surface area contributed by atoms with E-state index in [1.54, 1.807) is 32.9 Å². The van der Waals surface area contributed by atoms with Gasteiger partial charge in [-0.05, 0) is 50.1 Å². The molecule has 1 amide bonds. The lowest BCUT2D eigenvalue weighted by Gasteiger charge is -2.17. The minimum absolute atomic E-state index is 0.0493. The van der Waals surface area contributed by atoms with E-state index in [4.69, 9.17) is 9.84 Å². The third-order valence-electron chi connectivity index (χ3n) is 3.86. The third-order valence-corrected chi connectivity index (χ3v) is 3.86. The first-order valence-corrected chi connectivity index (χ1v) is 7.91. The second kappa shape index (κ2) is 7.95. The number of rotatable bonds is 6. The molecule has 0 aromatic heterocycles. The van der Waals surface area contributed by atoms with Gasteiger partial charge in [-0.25, -0.2) is 13.6 Å². The largest absolute Gasteiger partial charge is 0.481 e. The summed E-state index contributed by atoms with van der Waals surface area (Å²) < 4.78 is 32.4. The molecule has 1 atom stereocenters. The maximum absolute atomic E-state index is 13.8. The van der Waals surface area contributed by atoms with E-state index in [9.17, 15) is 18.4 Å². The van der Waals surface area contributed by atoms with E-state index < -0.39 is 36.2 Å². The first-order chi connectivity index (χ1) is 12.2. The quantitative estimate of drug-likeness (QED) is 0.823. The molecule has 138 valence electrons. The Morgan fingerprint density at radius 1 is 1.19 bits per heavy atom. The number of benzene rings is 2. The second-order valence-corrected chi connectivity index (χ2v) is 5.96. The molecule has 0 aliphatic carbocycles. The fourth-order valence-electron chi connectivity index (χ4n) is 2.66. The summed E-state index contributed by atoms with van der Waals surface area (Å²) in [7, 11) is 0. The average molecular weight is 363 g/mol.